The maximum atomic E-state index is 10.4. The van der Waals surface area contributed by atoms with Gasteiger partial charge in [-0.25, -0.2) is 4.31 Å². The average Bonchev–Trinajstić information content (AvgIpc) is 2.20. The maximum Gasteiger partial charge on any atom is 0.191 e. The Hall–Kier alpha value is -0.0200. The molecule has 0 aliphatic heterocycles. The van der Waals surface area contributed by atoms with E-state index in [9.17, 15) is 4.79 Å². The Balaban J connectivity index is 3.45. The first-order valence-corrected chi connectivity index (χ1v) is 6.54. The van der Waals surface area contributed by atoms with Gasteiger partial charge in [-0.15, -0.1) is 0 Å². The monoisotopic (exact) mass is 217 g/mol. The van der Waals surface area contributed by atoms with Crippen molar-refractivity contribution in [2.45, 2.75) is 52.4 Å². The van der Waals surface area contributed by atoms with Crippen LogP contribution in [0.2, 0.25) is 0 Å². The second kappa shape index (κ2) is 11.1. The van der Waals surface area contributed by atoms with Crippen LogP contribution in [0.15, 0.2) is 0 Å². The van der Waals surface area contributed by atoms with Gasteiger partial charge < -0.3 is 0 Å². The summed E-state index contributed by atoms with van der Waals surface area (Å²) in [6.45, 7) is 6.51. The predicted molar refractivity (Wildman–Crippen MR) is 65.0 cm³/mol. The standard InChI is InChI=1S/C11H23NOS/c1-3-5-7-8-10-12(14-11-13)9-6-4-2/h11H,3-10H2,1-2H3. The Labute approximate surface area is 92.6 Å². The molecule has 84 valence electrons. The van der Waals surface area contributed by atoms with Crippen LogP contribution in [0.4, 0.5) is 0 Å². The summed E-state index contributed by atoms with van der Waals surface area (Å²) in [6, 6.07) is 0. The molecule has 14 heavy (non-hydrogen) atoms. The van der Waals surface area contributed by atoms with Crippen molar-refractivity contribution >= 4 is 17.6 Å². The fraction of sp³-hybridized carbons (Fsp3) is 0.909. The number of rotatable bonds is 10. The van der Waals surface area contributed by atoms with Crippen LogP contribution in [-0.4, -0.2) is 23.0 Å². The Kier molecular flexibility index (Phi) is 11.0. The van der Waals surface area contributed by atoms with E-state index in [1.165, 1.54) is 50.5 Å². The summed E-state index contributed by atoms with van der Waals surface area (Å²) in [5.74, 6) is 0. The van der Waals surface area contributed by atoms with Crippen molar-refractivity contribution in [2.75, 3.05) is 13.1 Å². The molecule has 0 aliphatic rings. The van der Waals surface area contributed by atoms with Gasteiger partial charge in [0.2, 0.25) is 0 Å². The van der Waals surface area contributed by atoms with Gasteiger partial charge >= 0.3 is 0 Å². The SMILES string of the molecule is CCCCCCN(CCCC)SC=O. The van der Waals surface area contributed by atoms with Crippen LogP contribution in [-0.2, 0) is 4.79 Å². The quantitative estimate of drug-likeness (QED) is 0.317. The molecule has 0 fully saturated rings. The molecule has 3 heteroatoms. The van der Waals surface area contributed by atoms with Crippen molar-refractivity contribution in [3.05, 3.63) is 0 Å². The number of hydrogen-bond acceptors (Lipinski definition) is 3. The van der Waals surface area contributed by atoms with Gasteiger partial charge in [-0.3, -0.25) is 4.79 Å². The Morgan fingerprint density at radius 1 is 1.00 bits per heavy atom. The number of unbranched alkanes of at least 4 members (excludes halogenated alkanes) is 4. The number of carbonyl (C=O) groups is 1. The second-order valence-corrected chi connectivity index (χ2v) is 4.46. The zero-order valence-corrected chi connectivity index (χ0v) is 10.3. The first-order chi connectivity index (χ1) is 6.85. The van der Waals surface area contributed by atoms with E-state index in [0.717, 1.165) is 18.7 Å². The fourth-order valence-corrected chi connectivity index (χ4v) is 1.92. The van der Waals surface area contributed by atoms with E-state index in [4.69, 9.17) is 0 Å². The van der Waals surface area contributed by atoms with Gasteiger partial charge in [0.1, 0.15) is 0 Å². The molecular formula is C11H23NOS. The van der Waals surface area contributed by atoms with Crippen LogP contribution in [0.3, 0.4) is 0 Å². The van der Waals surface area contributed by atoms with Crippen molar-refractivity contribution in [3.63, 3.8) is 0 Å². The molecule has 0 aromatic carbocycles. The Bertz CT molecular complexity index is 130. The van der Waals surface area contributed by atoms with Crippen LogP contribution in [0.5, 0.6) is 0 Å². The van der Waals surface area contributed by atoms with Crippen molar-refractivity contribution in [1.82, 2.24) is 4.31 Å². The van der Waals surface area contributed by atoms with E-state index in [1.807, 2.05) is 0 Å². The van der Waals surface area contributed by atoms with Gasteiger partial charge in [0.15, 0.2) is 5.62 Å². The highest BCUT2D eigenvalue weighted by atomic mass is 32.2. The van der Waals surface area contributed by atoms with Crippen LogP contribution < -0.4 is 0 Å². The van der Waals surface area contributed by atoms with E-state index in [1.54, 1.807) is 0 Å². The van der Waals surface area contributed by atoms with Crippen LogP contribution >= 0.6 is 11.9 Å². The van der Waals surface area contributed by atoms with Gasteiger partial charge in [-0.1, -0.05) is 39.5 Å². The zero-order chi connectivity index (χ0) is 10.6. The zero-order valence-electron chi connectivity index (χ0n) is 9.50. The third-order valence-electron chi connectivity index (χ3n) is 2.21. The lowest BCUT2D eigenvalue weighted by atomic mass is 10.2. The van der Waals surface area contributed by atoms with Crippen molar-refractivity contribution in [2.24, 2.45) is 0 Å². The molecule has 0 aromatic heterocycles. The Morgan fingerprint density at radius 3 is 2.21 bits per heavy atom. The summed E-state index contributed by atoms with van der Waals surface area (Å²) >= 11 is 1.33. The molecule has 0 aromatic rings. The molecule has 0 saturated heterocycles. The third kappa shape index (κ3) is 8.57. The molecule has 0 radical (unpaired) electrons. The molecule has 0 aliphatic carbocycles. The first kappa shape index (κ1) is 14.0. The van der Waals surface area contributed by atoms with Crippen molar-refractivity contribution in [1.29, 1.82) is 0 Å². The van der Waals surface area contributed by atoms with Crippen molar-refractivity contribution in [3.8, 4) is 0 Å². The minimum absolute atomic E-state index is 0.940. The molecule has 0 N–H and O–H groups in total. The van der Waals surface area contributed by atoms with E-state index >= 15 is 0 Å². The molecule has 0 rings (SSSR count). The number of carbonyl (C=O) groups excluding carboxylic acids is 1. The largest absolute Gasteiger partial charge is 0.290 e. The normalized spacial score (nSPS) is 10.8. The van der Waals surface area contributed by atoms with Gasteiger partial charge in [0.25, 0.3) is 0 Å². The summed E-state index contributed by atoms with van der Waals surface area (Å²) in [5, 5.41) is 0. The van der Waals surface area contributed by atoms with Crippen LogP contribution in [0, 0.1) is 0 Å². The maximum absolute atomic E-state index is 10.4. The smallest absolute Gasteiger partial charge is 0.191 e. The van der Waals surface area contributed by atoms with Crippen molar-refractivity contribution < 1.29 is 4.79 Å². The van der Waals surface area contributed by atoms with Crippen LogP contribution in [0.1, 0.15) is 52.4 Å². The summed E-state index contributed by atoms with van der Waals surface area (Å²) in [5.41, 5.74) is 0.940. The van der Waals surface area contributed by atoms with E-state index in [2.05, 4.69) is 18.2 Å². The van der Waals surface area contributed by atoms with Gasteiger partial charge in [0.05, 0.1) is 0 Å². The lowest BCUT2D eigenvalue weighted by molar-refractivity contribution is 0.437. The van der Waals surface area contributed by atoms with Gasteiger partial charge in [-0.2, -0.15) is 0 Å². The molecule has 0 saturated carbocycles. The summed E-state index contributed by atoms with van der Waals surface area (Å²) in [7, 11) is 0. The molecule has 0 atom stereocenters. The lowest BCUT2D eigenvalue weighted by Crippen LogP contribution is -2.18. The second-order valence-electron chi connectivity index (χ2n) is 3.54. The average molecular weight is 217 g/mol. The van der Waals surface area contributed by atoms with Gasteiger partial charge in [0, 0.05) is 13.1 Å². The molecule has 0 heterocycles. The summed E-state index contributed by atoms with van der Waals surface area (Å²) in [6.07, 6.45) is 7.49. The van der Waals surface area contributed by atoms with E-state index in [0.29, 0.717) is 0 Å². The number of nitrogens with zero attached hydrogens (tertiary/aromatic N) is 1. The molecule has 0 spiro atoms. The highest BCUT2D eigenvalue weighted by Crippen LogP contribution is 2.10. The minimum atomic E-state index is 0.940. The van der Waals surface area contributed by atoms with Crippen LogP contribution in [0.25, 0.3) is 0 Å². The summed E-state index contributed by atoms with van der Waals surface area (Å²) in [4.78, 5) is 10.4. The highest BCUT2D eigenvalue weighted by molar-refractivity contribution is 8.09. The summed E-state index contributed by atoms with van der Waals surface area (Å²) < 4.78 is 2.19. The molecule has 0 amide bonds. The van der Waals surface area contributed by atoms with E-state index < -0.39 is 0 Å². The Morgan fingerprint density at radius 2 is 1.64 bits per heavy atom. The predicted octanol–water partition coefficient (Wildman–Crippen LogP) is 3.51. The molecule has 0 unspecified atom stereocenters. The minimum Gasteiger partial charge on any atom is -0.290 e. The fourth-order valence-electron chi connectivity index (χ4n) is 1.33. The molecule has 0 bridgehead atoms. The highest BCUT2D eigenvalue weighted by Gasteiger charge is 2.03. The topological polar surface area (TPSA) is 20.3 Å². The third-order valence-corrected chi connectivity index (χ3v) is 2.96. The molecular weight excluding hydrogens is 194 g/mol. The first-order valence-electron chi connectivity index (χ1n) is 5.70. The lowest BCUT2D eigenvalue weighted by Gasteiger charge is -2.17. The molecule has 2 nitrogen and oxygen atoms in total. The van der Waals surface area contributed by atoms with E-state index in [-0.39, 0.29) is 0 Å². The van der Waals surface area contributed by atoms with Gasteiger partial charge in [-0.05, 0) is 24.8 Å². The number of hydrogen-bond donors (Lipinski definition) is 0.